The van der Waals surface area contributed by atoms with Crippen LogP contribution in [0.4, 0.5) is 5.69 Å². The molecular formula is C13H23N3. The minimum Gasteiger partial charge on any atom is -0.396 e. The smallest absolute Gasteiger partial charge is 0.0736 e. The summed E-state index contributed by atoms with van der Waals surface area (Å²) in [5.74, 6) is 0.632. The van der Waals surface area contributed by atoms with Crippen molar-refractivity contribution in [3.63, 3.8) is 0 Å². The molecule has 2 rings (SSSR count). The lowest BCUT2D eigenvalue weighted by atomic mass is 9.95. The molecule has 2 N–H and O–H groups in total. The minimum atomic E-state index is 0.413. The molecule has 0 aromatic carbocycles. The molecule has 3 heteroatoms. The van der Waals surface area contributed by atoms with Gasteiger partial charge in [0.15, 0.2) is 0 Å². The zero-order valence-electron chi connectivity index (χ0n) is 10.4. The van der Waals surface area contributed by atoms with Gasteiger partial charge in [-0.15, -0.1) is 0 Å². The van der Waals surface area contributed by atoms with E-state index in [0.717, 1.165) is 5.69 Å². The molecule has 1 aromatic heterocycles. The molecule has 3 nitrogen and oxygen atoms in total. The van der Waals surface area contributed by atoms with Crippen LogP contribution in [-0.4, -0.2) is 9.78 Å². The molecular weight excluding hydrogens is 198 g/mol. The van der Waals surface area contributed by atoms with Crippen molar-refractivity contribution in [1.82, 2.24) is 9.78 Å². The minimum absolute atomic E-state index is 0.413. The fourth-order valence-corrected chi connectivity index (χ4v) is 2.77. The summed E-state index contributed by atoms with van der Waals surface area (Å²) in [4.78, 5) is 0. The summed E-state index contributed by atoms with van der Waals surface area (Å²) in [7, 11) is 0. The van der Waals surface area contributed by atoms with Gasteiger partial charge in [0.1, 0.15) is 0 Å². The van der Waals surface area contributed by atoms with Gasteiger partial charge in [-0.1, -0.05) is 25.7 Å². The average molecular weight is 221 g/mol. The maximum absolute atomic E-state index is 6.08. The van der Waals surface area contributed by atoms with Gasteiger partial charge in [-0.25, -0.2) is 0 Å². The summed E-state index contributed by atoms with van der Waals surface area (Å²) in [5, 5.41) is 4.41. The molecule has 0 amide bonds. The van der Waals surface area contributed by atoms with E-state index in [1.54, 1.807) is 0 Å². The maximum atomic E-state index is 6.08. The quantitative estimate of drug-likeness (QED) is 0.777. The molecule has 0 radical (unpaired) electrons. The Bertz CT molecular complexity index is 333. The molecule has 16 heavy (non-hydrogen) atoms. The highest BCUT2D eigenvalue weighted by molar-refractivity contribution is 5.43. The van der Waals surface area contributed by atoms with Crippen molar-refractivity contribution in [2.45, 2.75) is 64.3 Å². The van der Waals surface area contributed by atoms with Crippen LogP contribution in [0.3, 0.4) is 0 Å². The molecule has 0 saturated heterocycles. The van der Waals surface area contributed by atoms with Crippen LogP contribution in [0.25, 0.3) is 0 Å². The van der Waals surface area contributed by atoms with Crippen molar-refractivity contribution in [1.29, 1.82) is 0 Å². The molecule has 0 spiro atoms. The largest absolute Gasteiger partial charge is 0.396 e. The summed E-state index contributed by atoms with van der Waals surface area (Å²) in [6.45, 7) is 4.35. The van der Waals surface area contributed by atoms with Crippen molar-refractivity contribution >= 4 is 5.69 Å². The Morgan fingerprint density at radius 1 is 1.25 bits per heavy atom. The Morgan fingerprint density at radius 3 is 2.44 bits per heavy atom. The Labute approximate surface area is 98.0 Å². The Hall–Kier alpha value is -0.990. The normalized spacial score (nSPS) is 18.9. The number of nitrogen functional groups attached to an aromatic ring is 1. The van der Waals surface area contributed by atoms with Gasteiger partial charge in [0.25, 0.3) is 0 Å². The van der Waals surface area contributed by atoms with Gasteiger partial charge >= 0.3 is 0 Å². The van der Waals surface area contributed by atoms with Gasteiger partial charge in [0.2, 0.25) is 0 Å². The monoisotopic (exact) mass is 221 g/mol. The fourth-order valence-electron chi connectivity index (χ4n) is 2.77. The standard InChI is InChI=1S/C13H23N3/c1-10(2)16-13(12(14)9-15-16)11-7-5-3-4-6-8-11/h9-11H,3-8,14H2,1-2H3. The van der Waals surface area contributed by atoms with Crippen LogP contribution in [0.1, 0.15) is 70.0 Å². The van der Waals surface area contributed by atoms with E-state index < -0.39 is 0 Å². The molecule has 0 aliphatic heterocycles. The first-order chi connectivity index (χ1) is 7.70. The summed E-state index contributed by atoms with van der Waals surface area (Å²) in [6.07, 6.45) is 9.82. The van der Waals surface area contributed by atoms with E-state index >= 15 is 0 Å². The highest BCUT2D eigenvalue weighted by atomic mass is 15.3. The van der Waals surface area contributed by atoms with E-state index in [-0.39, 0.29) is 0 Å². The topological polar surface area (TPSA) is 43.8 Å². The number of anilines is 1. The molecule has 1 aliphatic carbocycles. The SMILES string of the molecule is CC(C)n1ncc(N)c1C1CCCCCC1. The first-order valence-corrected chi connectivity index (χ1v) is 6.53. The molecule has 1 fully saturated rings. The van der Waals surface area contributed by atoms with Crippen molar-refractivity contribution in [3.8, 4) is 0 Å². The third-order valence-corrected chi connectivity index (χ3v) is 3.59. The van der Waals surface area contributed by atoms with Crippen molar-refractivity contribution in [2.75, 3.05) is 5.73 Å². The van der Waals surface area contributed by atoms with E-state index in [1.165, 1.54) is 44.2 Å². The molecule has 0 bridgehead atoms. The molecule has 1 aromatic rings. The van der Waals surface area contributed by atoms with Gasteiger partial charge < -0.3 is 5.73 Å². The van der Waals surface area contributed by atoms with Crippen LogP contribution >= 0.6 is 0 Å². The average Bonchev–Trinajstić information content (AvgIpc) is 2.50. The zero-order chi connectivity index (χ0) is 11.5. The molecule has 0 atom stereocenters. The lowest BCUT2D eigenvalue weighted by Gasteiger charge is -2.19. The predicted octanol–water partition coefficient (Wildman–Crippen LogP) is 3.48. The lowest BCUT2D eigenvalue weighted by molar-refractivity contribution is 0.464. The van der Waals surface area contributed by atoms with E-state index in [1.807, 2.05) is 6.20 Å². The van der Waals surface area contributed by atoms with Crippen LogP contribution in [0.15, 0.2) is 6.20 Å². The highest BCUT2D eigenvalue weighted by Crippen LogP contribution is 2.35. The Kier molecular flexibility index (Phi) is 3.52. The lowest BCUT2D eigenvalue weighted by Crippen LogP contribution is -2.12. The number of rotatable bonds is 2. The van der Waals surface area contributed by atoms with Gasteiger partial charge in [-0.2, -0.15) is 5.10 Å². The maximum Gasteiger partial charge on any atom is 0.0736 e. The molecule has 0 unspecified atom stereocenters. The van der Waals surface area contributed by atoms with Gasteiger partial charge in [0, 0.05) is 12.0 Å². The number of hydrogen-bond acceptors (Lipinski definition) is 2. The van der Waals surface area contributed by atoms with Gasteiger partial charge in [-0.05, 0) is 26.7 Å². The van der Waals surface area contributed by atoms with Crippen LogP contribution in [0.5, 0.6) is 0 Å². The van der Waals surface area contributed by atoms with Crippen molar-refractivity contribution in [2.24, 2.45) is 0 Å². The molecule has 1 aliphatic rings. The van der Waals surface area contributed by atoms with Crippen LogP contribution < -0.4 is 5.73 Å². The third-order valence-electron chi connectivity index (χ3n) is 3.59. The van der Waals surface area contributed by atoms with Crippen LogP contribution in [0, 0.1) is 0 Å². The molecule has 1 heterocycles. The third kappa shape index (κ3) is 2.23. The number of hydrogen-bond donors (Lipinski definition) is 1. The number of nitrogens with zero attached hydrogens (tertiary/aromatic N) is 2. The molecule has 1 saturated carbocycles. The van der Waals surface area contributed by atoms with Crippen molar-refractivity contribution in [3.05, 3.63) is 11.9 Å². The second-order valence-electron chi connectivity index (χ2n) is 5.21. The first-order valence-electron chi connectivity index (χ1n) is 6.53. The summed E-state index contributed by atoms with van der Waals surface area (Å²) in [6, 6.07) is 0.413. The zero-order valence-corrected chi connectivity index (χ0v) is 10.4. The Morgan fingerprint density at radius 2 is 1.88 bits per heavy atom. The highest BCUT2D eigenvalue weighted by Gasteiger charge is 2.22. The van der Waals surface area contributed by atoms with E-state index in [0.29, 0.717) is 12.0 Å². The summed E-state index contributed by atoms with van der Waals surface area (Å²) >= 11 is 0. The van der Waals surface area contributed by atoms with Crippen LogP contribution in [0.2, 0.25) is 0 Å². The Balaban J connectivity index is 2.26. The van der Waals surface area contributed by atoms with Crippen molar-refractivity contribution < 1.29 is 0 Å². The summed E-state index contributed by atoms with van der Waals surface area (Å²) < 4.78 is 2.12. The van der Waals surface area contributed by atoms with E-state index in [9.17, 15) is 0 Å². The summed E-state index contributed by atoms with van der Waals surface area (Å²) in [5.41, 5.74) is 8.26. The second-order valence-corrected chi connectivity index (χ2v) is 5.21. The number of aromatic nitrogens is 2. The second kappa shape index (κ2) is 4.89. The van der Waals surface area contributed by atoms with E-state index in [2.05, 4.69) is 23.6 Å². The van der Waals surface area contributed by atoms with E-state index in [4.69, 9.17) is 5.73 Å². The first kappa shape index (κ1) is 11.5. The number of nitrogens with two attached hydrogens (primary N) is 1. The van der Waals surface area contributed by atoms with Gasteiger partial charge in [0.05, 0.1) is 17.6 Å². The predicted molar refractivity (Wildman–Crippen MR) is 67.5 cm³/mol. The van der Waals surface area contributed by atoms with Gasteiger partial charge in [-0.3, -0.25) is 4.68 Å². The fraction of sp³-hybridized carbons (Fsp3) is 0.769. The molecule has 90 valence electrons. The van der Waals surface area contributed by atoms with Crippen LogP contribution in [-0.2, 0) is 0 Å².